The SMILES string of the molecule is CCCC1CCC(/C(F)=C(\F)c2ccc(C3CO3)c(F)c2C(F)F)CC1. The maximum Gasteiger partial charge on any atom is 0.267 e. The number of ether oxygens (including phenoxy) is 1. The van der Waals surface area contributed by atoms with Gasteiger partial charge in [0.15, 0.2) is 5.83 Å². The van der Waals surface area contributed by atoms with Gasteiger partial charge >= 0.3 is 0 Å². The maximum absolute atomic E-state index is 14.7. The zero-order chi connectivity index (χ0) is 18.8. The van der Waals surface area contributed by atoms with Crippen LogP contribution in [0.15, 0.2) is 18.0 Å². The first kappa shape index (κ1) is 19.3. The van der Waals surface area contributed by atoms with Crippen molar-refractivity contribution in [3.8, 4) is 0 Å². The Morgan fingerprint density at radius 2 is 1.81 bits per heavy atom. The Labute approximate surface area is 150 Å². The minimum atomic E-state index is -3.23. The normalized spacial score (nSPS) is 26.8. The van der Waals surface area contributed by atoms with E-state index in [2.05, 4.69) is 6.92 Å². The first-order valence-corrected chi connectivity index (χ1v) is 9.21. The molecule has 0 bridgehead atoms. The number of halogens is 5. The highest BCUT2D eigenvalue weighted by molar-refractivity contribution is 5.65. The van der Waals surface area contributed by atoms with Crippen LogP contribution in [0, 0.1) is 17.7 Å². The highest BCUT2D eigenvalue weighted by atomic mass is 19.3. The molecule has 0 N–H and O–H groups in total. The van der Waals surface area contributed by atoms with Gasteiger partial charge in [-0.3, -0.25) is 0 Å². The molecule has 3 rings (SSSR count). The summed E-state index contributed by atoms with van der Waals surface area (Å²) in [4.78, 5) is 0. The molecular weight excluding hydrogens is 351 g/mol. The monoisotopic (exact) mass is 374 g/mol. The molecule has 26 heavy (non-hydrogen) atoms. The number of epoxide rings is 1. The van der Waals surface area contributed by atoms with Crippen LogP contribution in [-0.2, 0) is 4.74 Å². The summed E-state index contributed by atoms with van der Waals surface area (Å²) in [6.07, 6.45) is 0.881. The summed E-state index contributed by atoms with van der Waals surface area (Å²) in [5.41, 5.74) is -1.79. The van der Waals surface area contributed by atoms with Crippen molar-refractivity contribution in [2.75, 3.05) is 6.61 Å². The average Bonchev–Trinajstić information content (AvgIpc) is 3.45. The Hall–Kier alpha value is -1.43. The minimum Gasteiger partial charge on any atom is -0.368 e. The highest BCUT2D eigenvalue weighted by Gasteiger charge is 2.34. The van der Waals surface area contributed by atoms with Gasteiger partial charge in [0.2, 0.25) is 0 Å². The van der Waals surface area contributed by atoms with E-state index in [1.807, 2.05) is 0 Å². The smallest absolute Gasteiger partial charge is 0.267 e. The summed E-state index contributed by atoms with van der Waals surface area (Å²) in [7, 11) is 0. The predicted molar refractivity (Wildman–Crippen MR) is 89.5 cm³/mol. The summed E-state index contributed by atoms with van der Waals surface area (Å²) >= 11 is 0. The van der Waals surface area contributed by atoms with Gasteiger partial charge in [0.1, 0.15) is 17.7 Å². The molecule has 1 unspecified atom stereocenters. The Morgan fingerprint density at radius 3 is 2.35 bits per heavy atom. The Bertz CT molecular complexity index is 673. The van der Waals surface area contributed by atoms with E-state index in [4.69, 9.17) is 4.74 Å². The zero-order valence-electron chi connectivity index (χ0n) is 14.7. The molecular formula is C20H23F5O. The van der Waals surface area contributed by atoms with Crippen molar-refractivity contribution < 1.29 is 26.7 Å². The summed E-state index contributed by atoms with van der Waals surface area (Å²) in [5.74, 6) is -3.70. The molecule has 2 fully saturated rings. The van der Waals surface area contributed by atoms with E-state index in [1.54, 1.807) is 0 Å². The second-order valence-electron chi connectivity index (χ2n) is 7.22. The molecule has 1 saturated carbocycles. The van der Waals surface area contributed by atoms with Crippen molar-refractivity contribution in [1.29, 1.82) is 0 Å². The van der Waals surface area contributed by atoms with Crippen LogP contribution in [-0.4, -0.2) is 6.61 Å². The van der Waals surface area contributed by atoms with Crippen molar-refractivity contribution in [2.24, 2.45) is 11.8 Å². The van der Waals surface area contributed by atoms with E-state index in [9.17, 15) is 22.0 Å². The quantitative estimate of drug-likeness (QED) is 0.384. The number of benzene rings is 1. The van der Waals surface area contributed by atoms with Crippen LogP contribution in [0.1, 0.15) is 74.7 Å². The van der Waals surface area contributed by atoms with Crippen LogP contribution in [0.3, 0.4) is 0 Å². The zero-order valence-corrected chi connectivity index (χ0v) is 14.7. The van der Waals surface area contributed by atoms with Gasteiger partial charge in [-0.2, -0.15) is 0 Å². The Balaban J connectivity index is 1.87. The molecule has 1 aromatic rings. The third-order valence-electron chi connectivity index (χ3n) is 5.46. The molecule has 0 spiro atoms. The van der Waals surface area contributed by atoms with Crippen molar-refractivity contribution in [2.45, 2.75) is 58.0 Å². The first-order chi connectivity index (χ1) is 12.4. The second-order valence-corrected chi connectivity index (χ2v) is 7.22. The summed E-state index contributed by atoms with van der Waals surface area (Å²) in [6, 6.07) is 2.25. The van der Waals surface area contributed by atoms with E-state index < -0.39 is 47.0 Å². The predicted octanol–water partition coefficient (Wildman–Crippen LogP) is 7.05. The molecule has 1 aliphatic carbocycles. The molecule has 1 heterocycles. The second kappa shape index (κ2) is 8.07. The largest absolute Gasteiger partial charge is 0.368 e. The lowest BCUT2D eigenvalue weighted by Gasteiger charge is -2.27. The Kier molecular flexibility index (Phi) is 6.00. The fourth-order valence-electron chi connectivity index (χ4n) is 3.91. The molecule has 1 saturated heterocycles. The lowest BCUT2D eigenvalue weighted by atomic mass is 9.79. The number of rotatable bonds is 6. The molecule has 0 amide bonds. The van der Waals surface area contributed by atoms with E-state index in [-0.39, 0.29) is 12.2 Å². The topological polar surface area (TPSA) is 12.5 Å². The molecule has 0 aromatic heterocycles. The lowest BCUT2D eigenvalue weighted by molar-refractivity contribution is 0.145. The van der Waals surface area contributed by atoms with Crippen LogP contribution in [0.2, 0.25) is 0 Å². The third-order valence-corrected chi connectivity index (χ3v) is 5.46. The molecule has 1 atom stereocenters. The molecule has 2 aliphatic rings. The highest BCUT2D eigenvalue weighted by Crippen LogP contribution is 2.43. The van der Waals surface area contributed by atoms with Crippen molar-refractivity contribution in [1.82, 2.24) is 0 Å². The van der Waals surface area contributed by atoms with Gasteiger partial charge in [-0.05, 0) is 31.6 Å². The van der Waals surface area contributed by atoms with Crippen LogP contribution in [0.5, 0.6) is 0 Å². The van der Waals surface area contributed by atoms with Crippen molar-refractivity contribution in [3.05, 3.63) is 40.5 Å². The summed E-state index contributed by atoms with van der Waals surface area (Å²) in [6.45, 7) is 2.33. The number of hydrogen-bond acceptors (Lipinski definition) is 1. The van der Waals surface area contributed by atoms with Gasteiger partial charge in [0.25, 0.3) is 6.43 Å². The number of alkyl halides is 2. The van der Waals surface area contributed by atoms with Gasteiger partial charge in [-0.15, -0.1) is 0 Å². The van der Waals surface area contributed by atoms with E-state index in [0.717, 1.165) is 31.7 Å². The van der Waals surface area contributed by atoms with Crippen molar-refractivity contribution in [3.63, 3.8) is 0 Å². The van der Waals surface area contributed by atoms with Crippen LogP contribution >= 0.6 is 0 Å². The van der Waals surface area contributed by atoms with Crippen molar-refractivity contribution >= 4 is 5.83 Å². The lowest BCUT2D eigenvalue weighted by Crippen LogP contribution is -2.15. The molecule has 1 nitrogen and oxygen atoms in total. The first-order valence-electron chi connectivity index (χ1n) is 9.21. The maximum atomic E-state index is 14.7. The summed E-state index contributed by atoms with van der Waals surface area (Å²) < 4.78 is 75.4. The fourth-order valence-corrected chi connectivity index (χ4v) is 3.91. The molecule has 6 heteroatoms. The Morgan fingerprint density at radius 1 is 1.15 bits per heavy atom. The van der Waals surface area contributed by atoms with E-state index in [0.29, 0.717) is 18.8 Å². The fraction of sp³-hybridized carbons (Fsp3) is 0.600. The number of allylic oxidation sites excluding steroid dienone is 1. The molecule has 0 radical (unpaired) electrons. The standard InChI is InChI=1S/C20H23F5O/c1-2-3-11-4-6-12(7-5-11)17(21)19(23)14-9-8-13(15-10-26-15)18(22)16(14)20(24)25/h8-9,11-12,15,20H,2-7,10H2,1H3/b19-17+. The van der Waals surface area contributed by atoms with Crippen LogP contribution < -0.4 is 0 Å². The molecule has 1 aliphatic heterocycles. The van der Waals surface area contributed by atoms with E-state index in [1.165, 1.54) is 6.07 Å². The van der Waals surface area contributed by atoms with Gasteiger partial charge in [-0.1, -0.05) is 31.9 Å². The van der Waals surface area contributed by atoms with Crippen LogP contribution in [0.25, 0.3) is 5.83 Å². The molecule has 144 valence electrons. The van der Waals surface area contributed by atoms with Gasteiger partial charge in [-0.25, -0.2) is 22.0 Å². The number of hydrogen-bond donors (Lipinski definition) is 0. The van der Waals surface area contributed by atoms with Gasteiger partial charge in [0.05, 0.1) is 12.2 Å². The van der Waals surface area contributed by atoms with Gasteiger partial charge in [0, 0.05) is 17.0 Å². The summed E-state index contributed by atoms with van der Waals surface area (Å²) in [5, 5.41) is 0. The van der Waals surface area contributed by atoms with Crippen LogP contribution in [0.4, 0.5) is 22.0 Å². The molecule has 1 aromatic carbocycles. The minimum absolute atomic E-state index is 0.0302. The van der Waals surface area contributed by atoms with E-state index >= 15 is 0 Å². The average molecular weight is 374 g/mol. The third kappa shape index (κ3) is 3.95. The van der Waals surface area contributed by atoms with Gasteiger partial charge < -0.3 is 4.74 Å².